The summed E-state index contributed by atoms with van der Waals surface area (Å²) < 4.78 is 5.19. The van der Waals surface area contributed by atoms with Gasteiger partial charge in [-0.1, -0.05) is 30.3 Å². The monoisotopic (exact) mass is 185 g/mol. The molecule has 0 bridgehead atoms. The Kier molecular flexibility index (Phi) is 2.45. The molecule has 0 radical (unpaired) electrons. The van der Waals surface area contributed by atoms with E-state index in [9.17, 15) is 0 Å². The Labute approximate surface area is 82.9 Å². The van der Waals surface area contributed by atoms with E-state index < -0.39 is 0 Å². The maximum Gasteiger partial charge on any atom is 0.218 e. The molecule has 1 aromatic heterocycles. The summed E-state index contributed by atoms with van der Waals surface area (Å²) in [4.78, 5) is 4.17. The smallest absolute Gasteiger partial charge is 0.218 e. The summed E-state index contributed by atoms with van der Waals surface area (Å²) in [7, 11) is 0. The number of benzene rings is 1. The van der Waals surface area contributed by atoms with E-state index in [2.05, 4.69) is 4.98 Å². The second kappa shape index (κ2) is 3.92. The zero-order valence-electron chi connectivity index (χ0n) is 7.97. The number of oxazole rings is 1. The van der Waals surface area contributed by atoms with E-state index >= 15 is 0 Å². The molecule has 2 rings (SSSR count). The molecular weight excluding hydrogens is 174 g/mol. The molecule has 0 aliphatic rings. The van der Waals surface area contributed by atoms with E-state index in [0.29, 0.717) is 5.89 Å². The second-order valence-electron chi connectivity index (χ2n) is 3.07. The Balaban J connectivity index is 2.15. The number of aromatic nitrogens is 1. The van der Waals surface area contributed by atoms with Gasteiger partial charge >= 0.3 is 0 Å². The first-order chi connectivity index (χ1) is 6.84. The van der Waals surface area contributed by atoms with Crippen LogP contribution in [0.25, 0.3) is 12.2 Å². The van der Waals surface area contributed by atoms with Crippen molar-refractivity contribution in [2.75, 3.05) is 0 Å². The quantitative estimate of drug-likeness (QED) is 0.718. The molecule has 0 fully saturated rings. The fourth-order valence-electron chi connectivity index (χ4n) is 1.18. The Hall–Kier alpha value is -1.83. The molecular formula is C12H11NO. The van der Waals surface area contributed by atoms with Gasteiger partial charge in [-0.05, 0) is 18.6 Å². The molecule has 0 saturated carbocycles. The fraction of sp³-hybridized carbons (Fsp3) is 0.0833. The van der Waals surface area contributed by atoms with Crippen LogP contribution in [0.4, 0.5) is 0 Å². The highest BCUT2D eigenvalue weighted by Gasteiger charge is 1.93. The molecule has 2 nitrogen and oxygen atoms in total. The third kappa shape index (κ3) is 2.10. The summed E-state index contributed by atoms with van der Waals surface area (Å²) in [6.07, 6.45) is 5.48. The Morgan fingerprint density at radius 3 is 2.57 bits per heavy atom. The van der Waals surface area contributed by atoms with Crippen molar-refractivity contribution in [3.05, 3.63) is 53.7 Å². The van der Waals surface area contributed by atoms with Crippen molar-refractivity contribution in [3.8, 4) is 0 Å². The summed E-state index contributed by atoms with van der Waals surface area (Å²) in [5, 5.41) is 0. The van der Waals surface area contributed by atoms with Crippen LogP contribution in [0.3, 0.4) is 0 Å². The Morgan fingerprint density at radius 1 is 1.14 bits per heavy atom. The first-order valence-corrected chi connectivity index (χ1v) is 4.50. The van der Waals surface area contributed by atoms with Crippen LogP contribution in [0.5, 0.6) is 0 Å². The molecule has 0 aliphatic carbocycles. The predicted molar refractivity (Wildman–Crippen MR) is 56.6 cm³/mol. The van der Waals surface area contributed by atoms with Gasteiger partial charge in [0.2, 0.25) is 5.89 Å². The van der Waals surface area contributed by atoms with E-state index in [-0.39, 0.29) is 0 Å². The van der Waals surface area contributed by atoms with E-state index in [1.807, 2.05) is 49.4 Å². The van der Waals surface area contributed by atoms with Crippen LogP contribution < -0.4 is 0 Å². The molecule has 1 heterocycles. The van der Waals surface area contributed by atoms with E-state index in [0.717, 1.165) is 11.3 Å². The molecule has 0 unspecified atom stereocenters. The lowest BCUT2D eigenvalue weighted by molar-refractivity contribution is 0.546. The van der Waals surface area contributed by atoms with Gasteiger partial charge in [0, 0.05) is 6.08 Å². The maximum absolute atomic E-state index is 5.19. The normalized spacial score (nSPS) is 10.9. The number of nitrogens with zero attached hydrogens (tertiary/aromatic N) is 1. The zero-order chi connectivity index (χ0) is 9.80. The lowest BCUT2D eigenvalue weighted by Gasteiger charge is -1.88. The lowest BCUT2D eigenvalue weighted by atomic mass is 10.2. The highest BCUT2D eigenvalue weighted by molar-refractivity contribution is 5.65. The molecule has 0 N–H and O–H groups in total. The average molecular weight is 185 g/mol. The standard InChI is InChI=1S/C12H11NO/c1-10-9-14-12(13-10)8-7-11-5-3-2-4-6-11/h2-9H,1H3/b8-7+. The first kappa shape index (κ1) is 8.75. The molecule has 0 amide bonds. The van der Waals surface area contributed by atoms with Crippen molar-refractivity contribution < 1.29 is 4.42 Å². The van der Waals surface area contributed by atoms with Gasteiger partial charge < -0.3 is 4.42 Å². The summed E-state index contributed by atoms with van der Waals surface area (Å²) in [5.41, 5.74) is 2.04. The Bertz CT molecular complexity index is 429. The van der Waals surface area contributed by atoms with Crippen LogP contribution in [0.1, 0.15) is 17.1 Å². The van der Waals surface area contributed by atoms with Crippen LogP contribution in [-0.2, 0) is 0 Å². The summed E-state index contributed by atoms with van der Waals surface area (Å²) in [6.45, 7) is 1.91. The third-order valence-corrected chi connectivity index (χ3v) is 1.85. The van der Waals surface area contributed by atoms with Crippen LogP contribution >= 0.6 is 0 Å². The van der Waals surface area contributed by atoms with E-state index in [1.165, 1.54) is 0 Å². The maximum atomic E-state index is 5.19. The molecule has 70 valence electrons. The molecule has 0 atom stereocenters. The van der Waals surface area contributed by atoms with Gasteiger partial charge in [-0.3, -0.25) is 0 Å². The van der Waals surface area contributed by atoms with E-state index in [1.54, 1.807) is 6.26 Å². The molecule has 1 aromatic carbocycles. The van der Waals surface area contributed by atoms with Gasteiger partial charge in [0.05, 0.1) is 5.69 Å². The van der Waals surface area contributed by atoms with E-state index in [4.69, 9.17) is 4.42 Å². The number of hydrogen-bond donors (Lipinski definition) is 0. The molecule has 2 aromatic rings. The molecule has 0 aliphatic heterocycles. The number of hydrogen-bond acceptors (Lipinski definition) is 2. The van der Waals surface area contributed by atoms with Gasteiger partial charge in [0.1, 0.15) is 6.26 Å². The molecule has 14 heavy (non-hydrogen) atoms. The van der Waals surface area contributed by atoms with Crippen LogP contribution in [0.15, 0.2) is 41.0 Å². The van der Waals surface area contributed by atoms with Crippen molar-refractivity contribution in [2.24, 2.45) is 0 Å². The van der Waals surface area contributed by atoms with Crippen LogP contribution in [0, 0.1) is 6.92 Å². The first-order valence-electron chi connectivity index (χ1n) is 4.50. The summed E-state index contributed by atoms with van der Waals surface area (Å²) >= 11 is 0. The Morgan fingerprint density at radius 2 is 1.93 bits per heavy atom. The fourth-order valence-corrected chi connectivity index (χ4v) is 1.18. The number of aryl methyl sites for hydroxylation is 1. The topological polar surface area (TPSA) is 26.0 Å². The van der Waals surface area contributed by atoms with Crippen molar-refractivity contribution in [1.29, 1.82) is 0 Å². The van der Waals surface area contributed by atoms with Gasteiger partial charge in [-0.25, -0.2) is 4.98 Å². The van der Waals surface area contributed by atoms with Crippen molar-refractivity contribution >= 4 is 12.2 Å². The van der Waals surface area contributed by atoms with Crippen LogP contribution in [-0.4, -0.2) is 4.98 Å². The largest absolute Gasteiger partial charge is 0.445 e. The summed E-state index contributed by atoms with van der Waals surface area (Å²) in [5.74, 6) is 0.645. The van der Waals surface area contributed by atoms with Gasteiger partial charge in [0.25, 0.3) is 0 Å². The zero-order valence-corrected chi connectivity index (χ0v) is 7.97. The minimum atomic E-state index is 0.645. The van der Waals surface area contributed by atoms with Crippen molar-refractivity contribution in [1.82, 2.24) is 4.98 Å². The van der Waals surface area contributed by atoms with Crippen molar-refractivity contribution in [2.45, 2.75) is 6.92 Å². The summed E-state index contributed by atoms with van der Waals surface area (Å²) in [6, 6.07) is 10.1. The van der Waals surface area contributed by atoms with Gasteiger partial charge in [0.15, 0.2) is 0 Å². The minimum Gasteiger partial charge on any atom is -0.445 e. The highest BCUT2D eigenvalue weighted by Crippen LogP contribution is 2.07. The van der Waals surface area contributed by atoms with Gasteiger partial charge in [-0.15, -0.1) is 0 Å². The molecule has 0 spiro atoms. The van der Waals surface area contributed by atoms with Crippen LogP contribution in [0.2, 0.25) is 0 Å². The predicted octanol–water partition coefficient (Wildman–Crippen LogP) is 3.15. The lowest BCUT2D eigenvalue weighted by Crippen LogP contribution is -1.72. The second-order valence-corrected chi connectivity index (χ2v) is 3.07. The minimum absolute atomic E-state index is 0.645. The SMILES string of the molecule is Cc1coc(/C=C/c2ccccc2)n1. The van der Waals surface area contributed by atoms with Gasteiger partial charge in [-0.2, -0.15) is 0 Å². The molecule has 0 saturated heterocycles. The average Bonchev–Trinajstić information content (AvgIpc) is 2.63. The third-order valence-electron chi connectivity index (χ3n) is 1.85. The van der Waals surface area contributed by atoms with Crippen molar-refractivity contribution in [3.63, 3.8) is 0 Å². The molecule has 2 heteroatoms. The number of rotatable bonds is 2. The highest BCUT2D eigenvalue weighted by atomic mass is 16.3.